The molecule has 178 valence electrons. The van der Waals surface area contributed by atoms with Crippen LogP contribution in [0.3, 0.4) is 0 Å². The van der Waals surface area contributed by atoms with Crippen LogP contribution in [0.15, 0.2) is 59.4 Å². The van der Waals surface area contributed by atoms with E-state index in [2.05, 4.69) is 9.97 Å². The van der Waals surface area contributed by atoms with Crippen LogP contribution in [0.25, 0.3) is 21.9 Å². The minimum absolute atomic E-state index is 0.0683. The standard InChI is InChI=1S/C26H25N5O4/c1-29-22-11-6-5-10-19(22)28-20(25(29)33)12-13-24(32)30-14-7-15-31(30)26(34)21-16-23(35-2)17-8-3-4-9-18(17)27-21/h3-6,8-11,16H,7,12-15H2,1-2H3. The van der Waals surface area contributed by atoms with E-state index in [1.807, 2.05) is 48.5 Å². The van der Waals surface area contributed by atoms with Crippen LogP contribution in [0.4, 0.5) is 0 Å². The zero-order valence-corrected chi connectivity index (χ0v) is 19.6. The molecular weight excluding hydrogens is 446 g/mol. The molecule has 5 rings (SSSR count). The van der Waals surface area contributed by atoms with E-state index in [1.165, 1.54) is 10.0 Å². The molecule has 0 bridgehead atoms. The van der Waals surface area contributed by atoms with Gasteiger partial charge in [-0.3, -0.25) is 19.4 Å². The molecule has 0 radical (unpaired) electrons. The third-order valence-corrected chi connectivity index (χ3v) is 6.30. The monoisotopic (exact) mass is 471 g/mol. The number of ether oxygens (including phenoxy) is 1. The minimum atomic E-state index is -0.361. The highest BCUT2D eigenvalue weighted by Crippen LogP contribution is 2.26. The summed E-state index contributed by atoms with van der Waals surface area (Å²) < 4.78 is 7.01. The smallest absolute Gasteiger partial charge is 0.291 e. The van der Waals surface area contributed by atoms with Crippen molar-refractivity contribution in [3.8, 4) is 5.75 Å². The van der Waals surface area contributed by atoms with Crippen LogP contribution >= 0.6 is 0 Å². The van der Waals surface area contributed by atoms with Gasteiger partial charge >= 0.3 is 0 Å². The van der Waals surface area contributed by atoms with Gasteiger partial charge in [0.25, 0.3) is 11.5 Å². The highest BCUT2D eigenvalue weighted by atomic mass is 16.5. The van der Waals surface area contributed by atoms with Gasteiger partial charge in [-0.05, 0) is 30.7 Å². The quantitative estimate of drug-likeness (QED) is 0.444. The van der Waals surface area contributed by atoms with E-state index < -0.39 is 0 Å². The molecule has 2 amide bonds. The minimum Gasteiger partial charge on any atom is -0.496 e. The Morgan fingerprint density at radius 2 is 1.69 bits per heavy atom. The van der Waals surface area contributed by atoms with Crippen LogP contribution in [0.1, 0.15) is 29.0 Å². The van der Waals surface area contributed by atoms with Gasteiger partial charge in [0.05, 0.1) is 23.7 Å². The van der Waals surface area contributed by atoms with Crippen LogP contribution in [-0.2, 0) is 18.3 Å². The first-order valence-corrected chi connectivity index (χ1v) is 11.5. The SMILES string of the molecule is COc1cc(C(=O)N2CCCN2C(=O)CCc2nc3ccccc3n(C)c2=O)nc2ccccc12. The summed E-state index contributed by atoms with van der Waals surface area (Å²) in [6, 6.07) is 16.4. The van der Waals surface area contributed by atoms with Gasteiger partial charge in [0.15, 0.2) is 0 Å². The third kappa shape index (κ3) is 4.09. The van der Waals surface area contributed by atoms with Crippen molar-refractivity contribution < 1.29 is 14.3 Å². The second kappa shape index (κ2) is 9.17. The predicted molar refractivity (Wildman–Crippen MR) is 131 cm³/mol. The Labute approximate surface area is 201 Å². The summed E-state index contributed by atoms with van der Waals surface area (Å²) >= 11 is 0. The molecule has 2 aromatic heterocycles. The molecule has 4 aromatic rings. The second-order valence-corrected chi connectivity index (χ2v) is 8.44. The van der Waals surface area contributed by atoms with E-state index in [0.717, 1.165) is 10.9 Å². The molecule has 1 aliphatic heterocycles. The number of carbonyl (C=O) groups is 2. The number of aryl methyl sites for hydroxylation is 2. The van der Waals surface area contributed by atoms with Gasteiger partial charge in [-0.15, -0.1) is 0 Å². The van der Waals surface area contributed by atoms with Crippen LogP contribution < -0.4 is 10.3 Å². The fraction of sp³-hybridized carbons (Fsp3) is 0.269. The van der Waals surface area contributed by atoms with Crippen molar-refractivity contribution in [3.05, 3.63) is 76.3 Å². The van der Waals surface area contributed by atoms with Gasteiger partial charge in [0.2, 0.25) is 5.91 Å². The highest BCUT2D eigenvalue weighted by Gasteiger charge is 2.32. The van der Waals surface area contributed by atoms with Crippen LogP contribution in [0.2, 0.25) is 0 Å². The number of methoxy groups -OCH3 is 1. The normalized spacial score (nSPS) is 13.5. The molecule has 3 heterocycles. The largest absolute Gasteiger partial charge is 0.496 e. The zero-order valence-electron chi connectivity index (χ0n) is 19.6. The first-order valence-electron chi connectivity index (χ1n) is 11.5. The summed E-state index contributed by atoms with van der Waals surface area (Å²) in [7, 11) is 3.25. The molecular formula is C26H25N5O4. The first kappa shape index (κ1) is 22.5. The Balaban J connectivity index is 1.36. The fourth-order valence-corrected chi connectivity index (χ4v) is 4.49. The number of benzene rings is 2. The molecule has 0 spiro atoms. The van der Waals surface area contributed by atoms with E-state index in [0.29, 0.717) is 42.0 Å². The molecule has 0 atom stereocenters. The molecule has 1 saturated heterocycles. The molecule has 1 aliphatic rings. The maximum Gasteiger partial charge on any atom is 0.291 e. The Hall–Kier alpha value is -4.27. The number of rotatable bonds is 5. The summed E-state index contributed by atoms with van der Waals surface area (Å²) in [5.41, 5.74) is 2.40. The number of hydrazine groups is 1. The number of amides is 2. The molecule has 0 saturated carbocycles. The van der Waals surface area contributed by atoms with Crippen molar-refractivity contribution in [1.29, 1.82) is 0 Å². The lowest BCUT2D eigenvalue weighted by Gasteiger charge is -2.27. The summed E-state index contributed by atoms with van der Waals surface area (Å²) in [5, 5.41) is 3.70. The van der Waals surface area contributed by atoms with Gasteiger partial charge in [0, 0.05) is 44.4 Å². The second-order valence-electron chi connectivity index (χ2n) is 8.44. The molecule has 2 aromatic carbocycles. The zero-order chi connectivity index (χ0) is 24.5. The van der Waals surface area contributed by atoms with Crippen molar-refractivity contribution in [2.45, 2.75) is 19.3 Å². The van der Waals surface area contributed by atoms with Crippen LogP contribution in [0, 0.1) is 0 Å². The topological polar surface area (TPSA) is 97.6 Å². The van der Waals surface area contributed by atoms with Gasteiger partial charge in [0.1, 0.15) is 17.1 Å². The van der Waals surface area contributed by atoms with Crippen molar-refractivity contribution >= 4 is 33.8 Å². The van der Waals surface area contributed by atoms with E-state index in [4.69, 9.17) is 4.74 Å². The Bertz CT molecular complexity index is 1510. The lowest BCUT2D eigenvalue weighted by Crippen LogP contribution is -2.45. The lowest BCUT2D eigenvalue weighted by atomic mass is 10.1. The van der Waals surface area contributed by atoms with Gasteiger partial charge in [-0.1, -0.05) is 24.3 Å². The van der Waals surface area contributed by atoms with Crippen LogP contribution in [-0.4, -0.2) is 56.6 Å². The molecule has 0 unspecified atom stereocenters. The number of hydrogen-bond acceptors (Lipinski definition) is 6. The van der Waals surface area contributed by atoms with E-state index in [-0.39, 0.29) is 35.9 Å². The number of nitrogens with zero attached hydrogens (tertiary/aromatic N) is 5. The van der Waals surface area contributed by atoms with Crippen molar-refractivity contribution in [1.82, 2.24) is 24.6 Å². The average Bonchev–Trinajstić information content (AvgIpc) is 3.39. The Kier molecular flexibility index (Phi) is 5.90. The molecule has 9 heteroatoms. The average molecular weight is 472 g/mol. The highest BCUT2D eigenvalue weighted by molar-refractivity contribution is 5.98. The number of pyridine rings is 1. The fourth-order valence-electron chi connectivity index (χ4n) is 4.49. The van der Waals surface area contributed by atoms with E-state index >= 15 is 0 Å². The number of aromatic nitrogens is 3. The molecule has 0 N–H and O–H groups in total. The maximum atomic E-state index is 13.3. The van der Waals surface area contributed by atoms with Gasteiger partial charge in [-0.2, -0.15) is 0 Å². The summed E-state index contributed by atoms with van der Waals surface area (Å²) in [6.07, 6.45) is 0.925. The van der Waals surface area contributed by atoms with Crippen molar-refractivity contribution in [2.24, 2.45) is 7.05 Å². The number of fused-ring (bicyclic) bond motifs is 2. The lowest BCUT2D eigenvalue weighted by molar-refractivity contribution is -0.140. The van der Waals surface area contributed by atoms with Crippen molar-refractivity contribution in [3.63, 3.8) is 0 Å². The summed E-state index contributed by atoms with van der Waals surface area (Å²) in [5.74, 6) is -0.0468. The molecule has 1 fully saturated rings. The Morgan fingerprint density at radius 3 is 2.49 bits per heavy atom. The van der Waals surface area contributed by atoms with Gasteiger partial charge in [-0.25, -0.2) is 15.0 Å². The molecule has 35 heavy (non-hydrogen) atoms. The number of hydrogen-bond donors (Lipinski definition) is 0. The predicted octanol–water partition coefficient (Wildman–Crippen LogP) is 2.71. The molecule has 0 aliphatic carbocycles. The maximum absolute atomic E-state index is 13.3. The molecule has 9 nitrogen and oxygen atoms in total. The number of carbonyl (C=O) groups excluding carboxylic acids is 2. The van der Waals surface area contributed by atoms with E-state index in [1.54, 1.807) is 24.8 Å². The Morgan fingerprint density at radius 1 is 0.971 bits per heavy atom. The van der Waals surface area contributed by atoms with E-state index in [9.17, 15) is 14.4 Å². The van der Waals surface area contributed by atoms with Crippen LogP contribution in [0.5, 0.6) is 5.75 Å². The number of para-hydroxylation sites is 3. The third-order valence-electron chi connectivity index (χ3n) is 6.30. The summed E-state index contributed by atoms with van der Waals surface area (Å²) in [6.45, 7) is 0.843. The summed E-state index contributed by atoms with van der Waals surface area (Å²) in [4.78, 5) is 48.2. The first-order chi connectivity index (χ1) is 17.0. The van der Waals surface area contributed by atoms with Crippen molar-refractivity contribution in [2.75, 3.05) is 20.2 Å². The van der Waals surface area contributed by atoms with Gasteiger partial charge < -0.3 is 9.30 Å².